The Labute approximate surface area is 393 Å². The number of nitrogens with zero attached hydrogens (tertiary/aromatic N) is 1. The normalized spacial score (nSPS) is 12.2. The van der Waals surface area contributed by atoms with Crippen molar-refractivity contribution < 1.29 is 24.2 Å². The van der Waals surface area contributed by atoms with Crippen molar-refractivity contribution >= 4 is 11.9 Å². The van der Waals surface area contributed by atoms with E-state index in [4.69, 9.17) is 9.47 Å². The van der Waals surface area contributed by atoms with Crippen LogP contribution >= 0.6 is 0 Å². The molecule has 0 aromatic rings. The fourth-order valence-corrected chi connectivity index (χ4v) is 8.75. The molecule has 1 N–H and O–H groups in total. The maximum absolute atomic E-state index is 12.8. The van der Waals surface area contributed by atoms with Gasteiger partial charge in [0.25, 0.3) is 0 Å². The van der Waals surface area contributed by atoms with E-state index >= 15 is 0 Å². The van der Waals surface area contributed by atoms with Crippen LogP contribution in [0.2, 0.25) is 0 Å². The van der Waals surface area contributed by atoms with E-state index in [-0.39, 0.29) is 18.5 Å². The second-order valence-corrected chi connectivity index (χ2v) is 19.2. The van der Waals surface area contributed by atoms with Crippen molar-refractivity contribution in [1.82, 2.24) is 4.90 Å². The van der Waals surface area contributed by atoms with Crippen molar-refractivity contribution in [2.45, 2.75) is 291 Å². The molecule has 0 saturated heterocycles. The lowest BCUT2D eigenvalue weighted by atomic mass is 9.99. The summed E-state index contributed by atoms with van der Waals surface area (Å²) in [5, 5.41) is 9.49. The van der Waals surface area contributed by atoms with Gasteiger partial charge in [0.15, 0.2) is 0 Å². The van der Waals surface area contributed by atoms with Crippen LogP contribution in [0.3, 0.4) is 0 Å². The Hall–Kier alpha value is -1.66. The van der Waals surface area contributed by atoms with Gasteiger partial charge in [-0.2, -0.15) is 0 Å². The van der Waals surface area contributed by atoms with Gasteiger partial charge in [0.2, 0.25) is 0 Å². The minimum absolute atomic E-state index is 0.141. The van der Waals surface area contributed by atoms with E-state index in [1.54, 1.807) is 0 Å². The van der Waals surface area contributed by atoms with Crippen molar-refractivity contribution in [3.63, 3.8) is 0 Å². The van der Waals surface area contributed by atoms with Crippen LogP contribution in [0.5, 0.6) is 0 Å². The van der Waals surface area contributed by atoms with Crippen molar-refractivity contribution in [2.24, 2.45) is 0 Å². The first-order chi connectivity index (χ1) is 31.0. The summed E-state index contributed by atoms with van der Waals surface area (Å²) in [6.07, 6.45) is 53.5. The number of rotatable bonds is 51. The minimum atomic E-state index is -0.141. The molecule has 0 bridgehead atoms. The SMILES string of the molecule is CCCCCCCCCC/C(=C/C(=O)OCCCCCCN(CCCO)CCCCCCOC(=O)/C=C(\CCCCCCCC)CCCCCCCCCC)CCCCCCCC. The molecule has 0 aromatic heterocycles. The molecular weight excluding hydrogens is 779 g/mol. The van der Waals surface area contributed by atoms with E-state index in [1.807, 2.05) is 12.2 Å². The lowest BCUT2D eigenvalue weighted by molar-refractivity contribution is -0.138. The Balaban J connectivity index is 4.46. The molecule has 0 aliphatic rings. The summed E-state index contributed by atoms with van der Waals surface area (Å²) >= 11 is 0. The molecule has 0 rings (SSSR count). The van der Waals surface area contributed by atoms with Gasteiger partial charge in [0.05, 0.1) is 13.2 Å². The summed E-state index contributed by atoms with van der Waals surface area (Å²) in [5.74, 6) is -0.281. The number of esters is 2. The predicted octanol–water partition coefficient (Wildman–Crippen LogP) is 17.3. The highest BCUT2D eigenvalue weighted by Crippen LogP contribution is 2.21. The van der Waals surface area contributed by atoms with Crippen molar-refractivity contribution in [3.8, 4) is 0 Å². The van der Waals surface area contributed by atoms with Crippen molar-refractivity contribution in [2.75, 3.05) is 39.5 Å². The molecule has 6 nitrogen and oxygen atoms in total. The van der Waals surface area contributed by atoms with Gasteiger partial charge < -0.3 is 19.5 Å². The number of carbonyl (C=O) groups excluding carboxylic acids is 2. The van der Waals surface area contributed by atoms with Crippen LogP contribution in [0.4, 0.5) is 0 Å². The number of unbranched alkanes of at least 4 members (excludes halogenated alkanes) is 30. The van der Waals surface area contributed by atoms with Crippen LogP contribution < -0.4 is 0 Å². The molecule has 0 unspecified atom stereocenters. The number of carbonyl (C=O) groups is 2. The number of aliphatic hydroxyl groups is 1. The average Bonchev–Trinajstić information content (AvgIpc) is 3.28. The topological polar surface area (TPSA) is 76.1 Å². The zero-order valence-corrected chi connectivity index (χ0v) is 42.9. The zero-order chi connectivity index (χ0) is 45.9. The average molecular weight is 889 g/mol. The van der Waals surface area contributed by atoms with Crippen LogP contribution in [-0.2, 0) is 19.1 Å². The van der Waals surface area contributed by atoms with Crippen molar-refractivity contribution in [1.29, 1.82) is 0 Å². The van der Waals surface area contributed by atoms with Crippen LogP contribution in [0.1, 0.15) is 291 Å². The molecule has 0 atom stereocenters. The predicted molar refractivity (Wildman–Crippen MR) is 274 cm³/mol. The van der Waals surface area contributed by atoms with Gasteiger partial charge in [-0.1, -0.05) is 219 Å². The van der Waals surface area contributed by atoms with E-state index < -0.39 is 0 Å². The molecule has 0 heterocycles. The van der Waals surface area contributed by atoms with E-state index in [2.05, 4.69) is 32.6 Å². The smallest absolute Gasteiger partial charge is 0.330 e. The van der Waals surface area contributed by atoms with E-state index in [1.165, 1.54) is 191 Å². The number of hydrogen-bond acceptors (Lipinski definition) is 6. The molecule has 0 saturated carbocycles. The van der Waals surface area contributed by atoms with Crippen molar-refractivity contribution in [3.05, 3.63) is 23.3 Å². The van der Waals surface area contributed by atoms with Gasteiger partial charge in [-0.15, -0.1) is 0 Å². The Morgan fingerprint density at radius 3 is 0.905 bits per heavy atom. The van der Waals surface area contributed by atoms with Gasteiger partial charge in [-0.05, 0) is 96.6 Å². The van der Waals surface area contributed by atoms with E-state index in [0.29, 0.717) is 13.2 Å². The van der Waals surface area contributed by atoms with Crippen LogP contribution in [0.15, 0.2) is 23.3 Å². The lowest BCUT2D eigenvalue weighted by Gasteiger charge is -2.22. The first kappa shape index (κ1) is 61.3. The van der Waals surface area contributed by atoms with E-state index in [9.17, 15) is 14.7 Å². The molecule has 372 valence electrons. The minimum Gasteiger partial charge on any atom is -0.463 e. The fourth-order valence-electron chi connectivity index (χ4n) is 8.75. The highest BCUT2D eigenvalue weighted by Gasteiger charge is 2.09. The number of hydrogen-bond donors (Lipinski definition) is 1. The van der Waals surface area contributed by atoms with Crippen LogP contribution in [0, 0.1) is 0 Å². The maximum Gasteiger partial charge on any atom is 0.330 e. The molecule has 0 aromatic carbocycles. The number of aliphatic hydroxyl groups excluding tert-OH is 1. The van der Waals surface area contributed by atoms with Gasteiger partial charge >= 0.3 is 11.9 Å². The Bertz CT molecular complexity index is 948. The maximum atomic E-state index is 12.8. The van der Waals surface area contributed by atoms with Gasteiger partial charge in [0, 0.05) is 25.3 Å². The Morgan fingerprint density at radius 2 is 0.603 bits per heavy atom. The largest absolute Gasteiger partial charge is 0.463 e. The zero-order valence-electron chi connectivity index (χ0n) is 42.9. The molecular formula is C57H109NO5. The van der Waals surface area contributed by atoms with Crippen LogP contribution in [0.25, 0.3) is 0 Å². The fraction of sp³-hybridized carbons (Fsp3) is 0.895. The molecule has 0 aliphatic heterocycles. The van der Waals surface area contributed by atoms with Gasteiger partial charge in [-0.3, -0.25) is 0 Å². The molecule has 0 radical (unpaired) electrons. The molecule has 0 aliphatic carbocycles. The molecule has 0 amide bonds. The first-order valence-electron chi connectivity index (χ1n) is 28.1. The van der Waals surface area contributed by atoms with E-state index in [0.717, 1.165) is 103 Å². The third kappa shape index (κ3) is 46.7. The number of ether oxygens (including phenoxy) is 2. The van der Waals surface area contributed by atoms with Gasteiger partial charge in [-0.25, -0.2) is 9.59 Å². The highest BCUT2D eigenvalue weighted by molar-refractivity contribution is 5.83. The lowest BCUT2D eigenvalue weighted by Crippen LogP contribution is -2.28. The second kappa shape index (κ2) is 51.3. The second-order valence-electron chi connectivity index (χ2n) is 19.2. The number of allylic oxidation sites excluding steroid dienone is 2. The summed E-state index contributed by atoms with van der Waals surface area (Å²) in [6.45, 7) is 13.4. The Morgan fingerprint density at radius 1 is 0.349 bits per heavy atom. The summed E-state index contributed by atoms with van der Waals surface area (Å²) < 4.78 is 11.4. The van der Waals surface area contributed by atoms with Crippen LogP contribution in [-0.4, -0.2) is 61.4 Å². The third-order valence-electron chi connectivity index (χ3n) is 12.9. The molecule has 0 fully saturated rings. The summed E-state index contributed by atoms with van der Waals surface area (Å²) in [6, 6.07) is 0. The molecule has 63 heavy (non-hydrogen) atoms. The molecule has 6 heteroatoms. The quantitative estimate of drug-likeness (QED) is 0.0373. The molecule has 0 spiro atoms. The highest BCUT2D eigenvalue weighted by atomic mass is 16.5. The van der Waals surface area contributed by atoms with Gasteiger partial charge in [0.1, 0.15) is 0 Å². The summed E-state index contributed by atoms with van der Waals surface area (Å²) in [7, 11) is 0. The summed E-state index contributed by atoms with van der Waals surface area (Å²) in [5.41, 5.74) is 2.60. The first-order valence-corrected chi connectivity index (χ1v) is 28.1. The summed E-state index contributed by atoms with van der Waals surface area (Å²) in [4.78, 5) is 28.1. The standard InChI is InChI=1S/C57H109NO5/c1-5-9-13-17-21-23-27-35-44-54(42-33-25-19-15-11-7-3)52-56(60)62-50-39-31-29-37-46-58(48-41-49-59)47-38-30-32-40-51-63-57(61)53-55(43-34-26-20-16-12-8-4)45-36-28-24-22-18-14-10-6-2/h52-53,59H,5-51H2,1-4H3/b54-52+,55-53+. The Kier molecular flexibility index (Phi) is 50.0. The monoisotopic (exact) mass is 888 g/mol. The third-order valence-corrected chi connectivity index (χ3v) is 12.9.